The molecule has 0 bridgehead atoms. The van der Waals surface area contributed by atoms with E-state index in [-0.39, 0.29) is 35.9 Å². The Morgan fingerprint density at radius 2 is 1.88 bits per heavy atom. The predicted molar refractivity (Wildman–Crippen MR) is 79.9 cm³/mol. The maximum atomic E-state index is 12.6. The van der Waals surface area contributed by atoms with Gasteiger partial charge >= 0.3 is 12.1 Å². The SMILES string of the molecule is O=C(O)CC1CCCN(S(=O)(=O)c2ccc(CC(F)(F)F)cc2)C1. The van der Waals surface area contributed by atoms with Crippen molar-refractivity contribution < 1.29 is 31.5 Å². The number of carbonyl (C=O) groups is 1. The Kier molecular flexibility index (Phi) is 5.54. The summed E-state index contributed by atoms with van der Waals surface area (Å²) in [5.74, 6) is -1.23. The Bertz CT molecular complexity index is 686. The topological polar surface area (TPSA) is 74.7 Å². The molecule has 0 aliphatic carbocycles. The van der Waals surface area contributed by atoms with Gasteiger partial charge in [-0.15, -0.1) is 0 Å². The first-order valence-corrected chi connectivity index (χ1v) is 8.89. The average molecular weight is 365 g/mol. The third kappa shape index (κ3) is 4.94. The van der Waals surface area contributed by atoms with E-state index in [1.54, 1.807) is 0 Å². The highest BCUT2D eigenvalue weighted by molar-refractivity contribution is 7.89. The van der Waals surface area contributed by atoms with Gasteiger partial charge in [0, 0.05) is 19.5 Å². The molecule has 1 aromatic rings. The van der Waals surface area contributed by atoms with Crippen molar-refractivity contribution >= 4 is 16.0 Å². The fraction of sp³-hybridized carbons (Fsp3) is 0.533. The average Bonchev–Trinajstić information content (AvgIpc) is 2.45. The number of carboxylic acids is 1. The van der Waals surface area contributed by atoms with Crippen LogP contribution in [0.25, 0.3) is 0 Å². The van der Waals surface area contributed by atoms with Crippen LogP contribution in [0, 0.1) is 5.92 Å². The lowest BCUT2D eigenvalue weighted by Crippen LogP contribution is -2.40. The number of halogens is 3. The number of hydrogen-bond donors (Lipinski definition) is 1. The first kappa shape index (κ1) is 18.7. The number of sulfonamides is 1. The van der Waals surface area contributed by atoms with E-state index in [0.717, 1.165) is 24.3 Å². The maximum absolute atomic E-state index is 12.6. The summed E-state index contributed by atoms with van der Waals surface area (Å²) in [7, 11) is -3.83. The van der Waals surface area contributed by atoms with Gasteiger partial charge in [0.1, 0.15) is 0 Å². The molecule has 1 fully saturated rings. The lowest BCUT2D eigenvalue weighted by atomic mass is 9.96. The standard InChI is InChI=1S/C15H18F3NO4S/c16-15(17,18)9-11-3-5-13(6-4-11)24(22,23)19-7-1-2-12(10-19)8-14(20)21/h3-6,12H,1-2,7-10H2,(H,20,21). The molecular formula is C15H18F3NO4S. The molecule has 1 unspecified atom stereocenters. The third-order valence-electron chi connectivity index (χ3n) is 3.91. The van der Waals surface area contributed by atoms with Crippen LogP contribution in [0.1, 0.15) is 24.8 Å². The number of carboxylic acid groups (broad SMARTS) is 1. The zero-order valence-electron chi connectivity index (χ0n) is 12.8. The summed E-state index contributed by atoms with van der Waals surface area (Å²) < 4.78 is 63.4. The number of aliphatic carboxylic acids is 1. The lowest BCUT2D eigenvalue weighted by molar-refractivity contribution is -0.138. The third-order valence-corrected chi connectivity index (χ3v) is 5.79. The van der Waals surface area contributed by atoms with Crippen molar-refractivity contribution in [1.82, 2.24) is 4.31 Å². The van der Waals surface area contributed by atoms with Crippen molar-refractivity contribution in [3.8, 4) is 0 Å². The Hall–Kier alpha value is -1.61. The van der Waals surface area contributed by atoms with Crippen LogP contribution < -0.4 is 0 Å². The van der Waals surface area contributed by atoms with E-state index in [0.29, 0.717) is 12.8 Å². The maximum Gasteiger partial charge on any atom is 0.393 e. The summed E-state index contributed by atoms with van der Waals surface area (Å²) in [6.07, 6.45) is -4.36. The van der Waals surface area contributed by atoms with Gasteiger partial charge in [0.15, 0.2) is 0 Å². The highest BCUT2D eigenvalue weighted by Gasteiger charge is 2.32. The molecule has 134 valence electrons. The van der Waals surface area contributed by atoms with Gasteiger partial charge in [0.2, 0.25) is 10.0 Å². The molecule has 0 amide bonds. The molecule has 9 heteroatoms. The number of hydrogen-bond acceptors (Lipinski definition) is 3. The largest absolute Gasteiger partial charge is 0.481 e. The molecule has 0 radical (unpaired) electrons. The Balaban J connectivity index is 2.13. The van der Waals surface area contributed by atoms with E-state index in [1.807, 2.05) is 0 Å². The summed E-state index contributed by atoms with van der Waals surface area (Å²) in [5, 5.41) is 8.84. The highest BCUT2D eigenvalue weighted by Crippen LogP contribution is 2.27. The van der Waals surface area contributed by atoms with E-state index >= 15 is 0 Å². The molecule has 5 nitrogen and oxygen atoms in total. The molecule has 2 rings (SSSR count). The molecule has 0 saturated carbocycles. The highest BCUT2D eigenvalue weighted by atomic mass is 32.2. The molecule has 1 aliphatic heterocycles. The van der Waals surface area contributed by atoms with Crippen molar-refractivity contribution in [1.29, 1.82) is 0 Å². The van der Waals surface area contributed by atoms with Crippen molar-refractivity contribution in [2.45, 2.75) is 36.8 Å². The fourth-order valence-corrected chi connectivity index (χ4v) is 4.37. The van der Waals surface area contributed by atoms with Crippen LogP contribution >= 0.6 is 0 Å². The Labute approximate surface area is 138 Å². The number of piperidine rings is 1. The molecule has 0 spiro atoms. The first-order valence-electron chi connectivity index (χ1n) is 7.45. The second kappa shape index (κ2) is 7.10. The Morgan fingerprint density at radius 1 is 1.25 bits per heavy atom. The fourth-order valence-electron chi connectivity index (χ4n) is 2.82. The first-order chi connectivity index (χ1) is 11.1. The van der Waals surface area contributed by atoms with Crippen LogP contribution in [0.3, 0.4) is 0 Å². The molecule has 1 N–H and O–H groups in total. The normalized spacial score (nSPS) is 20.0. The van der Waals surface area contributed by atoms with Gasteiger partial charge < -0.3 is 5.11 Å². The van der Waals surface area contributed by atoms with Gasteiger partial charge in [0.05, 0.1) is 11.3 Å². The minimum absolute atomic E-state index is 0.0103. The lowest BCUT2D eigenvalue weighted by Gasteiger charge is -2.31. The number of rotatable bonds is 5. The van der Waals surface area contributed by atoms with Gasteiger partial charge in [0.25, 0.3) is 0 Å². The molecule has 1 heterocycles. The summed E-state index contributed by atoms with van der Waals surface area (Å²) >= 11 is 0. The molecule has 24 heavy (non-hydrogen) atoms. The zero-order chi connectivity index (χ0) is 18.0. The second-order valence-electron chi connectivity index (χ2n) is 5.91. The molecular weight excluding hydrogens is 347 g/mol. The summed E-state index contributed by atoms with van der Waals surface area (Å²) in [6, 6.07) is 4.63. The van der Waals surface area contributed by atoms with Crippen LogP contribution in [-0.4, -0.2) is 43.1 Å². The van der Waals surface area contributed by atoms with Crippen molar-refractivity contribution in [3.05, 3.63) is 29.8 Å². The second-order valence-corrected chi connectivity index (χ2v) is 7.84. The number of nitrogens with zero attached hydrogens (tertiary/aromatic N) is 1. The van der Waals surface area contributed by atoms with Crippen LogP contribution in [0.4, 0.5) is 13.2 Å². The summed E-state index contributed by atoms with van der Waals surface area (Å²) in [5.41, 5.74) is -0.0103. The predicted octanol–water partition coefficient (Wildman–Crippen LogP) is 2.67. The van der Waals surface area contributed by atoms with Crippen molar-refractivity contribution in [3.63, 3.8) is 0 Å². The van der Waals surface area contributed by atoms with Crippen molar-refractivity contribution in [2.75, 3.05) is 13.1 Å². The molecule has 1 aromatic carbocycles. The van der Waals surface area contributed by atoms with Gasteiger partial charge in [-0.05, 0) is 36.5 Å². The quantitative estimate of drug-likeness (QED) is 0.871. The van der Waals surface area contributed by atoms with E-state index in [9.17, 15) is 26.4 Å². The van der Waals surface area contributed by atoms with Gasteiger partial charge in [-0.1, -0.05) is 12.1 Å². The van der Waals surface area contributed by atoms with Crippen LogP contribution in [-0.2, 0) is 21.2 Å². The van der Waals surface area contributed by atoms with Crippen molar-refractivity contribution in [2.24, 2.45) is 5.92 Å². The van der Waals surface area contributed by atoms with E-state index in [4.69, 9.17) is 5.11 Å². The molecule has 1 saturated heterocycles. The summed E-state index contributed by atoms with van der Waals surface area (Å²) in [4.78, 5) is 10.7. The minimum Gasteiger partial charge on any atom is -0.481 e. The van der Waals surface area contributed by atoms with Gasteiger partial charge in [-0.2, -0.15) is 17.5 Å². The monoisotopic (exact) mass is 365 g/mol. The number of alkyl halides is 3. The smallest absolute Gasteiger partial charge is 0.393 e. The van der Waals surface area contributed by atoms with E-state index < -0.39 is 28.6 Å². The Morgan fingerprint density at radius 3 is 2.42 bits per heavy atom. The molecule has 1 aliphatic rings. The van der Waals surface area contributed by atoms with E-state index in [2.05, 4.69) is 0 Å². The van der Waals surface area contributed by atoms with E-state index in [1.165, 1.54) is 4.31 Å². The van der Waals surface area contributed by atoms with Crippen LogP contribution in [0.5, 0.6) is 0 Å². The molecule has 0 aromatic heterocycles. The van der Waals surface area contributed by atoms with Gasteiger partial charge in [-0.3, -0.25) is 4.79 Å². The van der Waals surface area contributed by atoms with Crippen LogP contribution in [0.2, 0.25) is 0 Å². The minimum atomic E-state index is -4.35. The molecule has 1 atom stereocenters. The summed E-state index contributed by atoms with van der Waals surface area (Å²) in [6.45, 7) is 0.391. The van der Waals surface area contributed by atoms with Gasteiger partial charge in [-0.25, -0.2) is 8.42 Å². The zero-order valence-corrected chi connectivity index (χ0v) is 13.6. The number of benzene rings is 1. The van der Waals surface area contributed by atoms with Crippen LogP contribution in [0.15, 0.2) is 29.2 Å².